The highest BCUT2D eigenvalue weighted by Gasteiger charge is 2.40. The van der Waals surface area contributed by atoms with Crippen molar-refractivity contribution in [3.8, 4) is 0 Å². The molecule has 0 aromatic rings. The van der Waals surface area contributed by atoms with E-state index in [0.29, 0.717) is 6.61 Å². The molecule has 0 aromatic heterocycles. The van der Waals surface area contributed by atoms with Crippen LogP contribution in [0.4, 0.5) is 0 Å². The number of hydrogen-bond acceptors (Lipinski definition) is 4. The quantitative estimate of drug-likeness (QED) is 0.608. The third-order valence-electron chi connectivity index (χ3n) is 3.99. The predicted octanol–water partition coefficient (Wildman–Crippen LogP) is 1.89. The maximum atomic E-state index is 12.3. The third kappa shape index (κ3) is 4.18. The minimum absolute atomic E-state index is 0.00632. The molecule has 2 N–H and O–H groups in total. The summed E-state index contributed by atoms with van der Waals surface area (Å²) in [7, 11) is 4.41. The molecule has 1 amide bonds. The summed E-state index contributed by atoms with van der Waals surface area (Å²) in [5.74, 6) is 0.0255. The van der Waals surface area contributed by atoms with Crippen LogP contribution < -0.4 is 5.48 Å². The summed E-state index contributed by atoms with van der Waals surface area (Å²) >= 11 is 0. The van der Waals surface area contributed by atoms with Crippen molar-refractivity contribution in [3.05, 3.63) is 47.5 Å². The normalized spacial score (nSPS) is 26.7. The van der Waals surface area contributed by atoms with Gasteiger partial charge in [-0.1, -0.05) is 24.8 Å². The van der Waals surface area contributed by atoms with Crippen LogP contribution in [0, 0.1) is 5.92 Å². The van der Waals surface area contributed by atoms with Gasteiger partial charge in [0.25, 0.3) is 0 Å². The predicted molar refractivity (Wildman–Crippen MR) is 94.2 cm³/mol. The Balaban J connectivity index is 2.48. The first-order chi connectivity index (χ1) is 10.7. The standard InChI is InChI=1S/C17H25N2O3P/c1-5-14(23)11(6-8-17(2,3)21)13-10-19(4)16(20)15-12(13)7-9-22-18-15/h5-6,8,10,12,15,18,21H,1,7,9,23H2,2-4H3/b8-6+,14-11-. The number of aliphatic hydroxyl groups is 1. The zero-order chi connectivity index (χ0) is 17.2. The Morgan fingerprint density at radius 2 is 2.30 bits per heavy atom. The minimum atomic E-state index is -0.915. The number of allylic oxidation sites excluding steroid dienone is 4. The summed E-state index contributed by atoms with van der Waals surface area (Å²) in [6.45, 7) is 7.84. The van der Waals surface area contributed by atoms with Crippen molar-refractivity contribution in [2.75, 3.05) is 13.7 Å². The molecule has 2 rings (SSSR count). The summed E-state index contributed by atoms with van der Waals surface area (Å²) in [5, 5.41) is 10.9. The molecule has 2 heterocycles. The molecule has 23 heavy (non-hydrogen) atoms. The molecule has 0 radical (unpaired) electrons. The van der Waals surface area contributed by atoms with Crippen molar-refractivity contribution in [3.63, 3.8) is 0 Å². The highest BCUT2D eigenvalue weighted by atomic mass is 31.0. The van der Waals surface area contributed by atoms with Gasteiger partial charge in [0.15, 0.2) is 0 Å². The SMILES string of the molecule is C=C/C(P)=C(\C=C\C(C)(C)O)C1=CN(C)C(=O)C2NOCCC12. The molecule has 2 aliphatic heterocycles. The van der Waals surface area contributed by atoms with Crippen molar-refractivity contribution < 1.29 is 14.7 Å². The second-order valence-electron chi connectivity index (χ2n) is 6.43. The lowest BCUT2D eigenvalue weighted by atomic mass is 9.81. The van der Waals surface area contributed by atoms with Gasteiger partial charge in [-0.15, -0.1) is 9.24 Å². The van der Waals surface area contributed by atoms with E-state index in [4.69, 9.17) is 4.84 Å². The summed E-state index contributed by atoms with van der Waals surface area (Å²) in [4.78, 5) is 19.2. The summed E-state index contributed by atoms with van der Waals surface area (Å²) < 4.78 is 0. The number of amides is 1. The Morgan fingerprint density at radius 3 is 2.91 bits per heavy atom. The summed E-state index contributed by atoms with van der Waals surface area (Å²) in [5.41, 5.74) is 3.93. The van der Waals surface area contributed by atoms with Gasteiger partial charge >= 0.3 is 0 Å². The van der Waals surface area contributed by atoms with Crippen LogP contribution in [0.2, 0.25) is 0 Å². The van der Waals surface area contributed by atoms with Crippen molar-refractivity contribution in [1.29, 1.82) is 0 Å². The summed E-state index contributed by atoms with van der Waals surface area (Å²) in [6, 6.07) is -0.387. The van der Waals surface area contributed by atoms with E-state index in [-0.39, 0.29) is 17.9 Å². The van der Waals surface area contributed by atoms with E-state index in [1.807, 2.05) is 12.3 Å². The van der Waals surface area contributed by atoms with Gasteiger partial charge < -0.3 is 14.8 Å². The van der Waals surface area contributed by atoms with Gasteiger partial charge in [0.2, 0.25) is 5.91 Å². The van der Waals surface area contributed by atoms with Gasteiger partial charge in [-0.3, -0.25) is 4.79 Å². The number of nitrogens with one attached hydrogen (secondary N) is 1. The van der Waals surface area contributed by atoms with Crippen molar-refractivity contribution in [2.24, 2.45) is 5.92 Å². The van der Waals surface area contributed by atoms with E-state index >= 15 is 0 Å². The number of likely N-dealkylation sites (N-methyl/N-ethyl adjacent to an activating group) is 1. The fourth-order valence-corrected chi connectivity index (χ4v) is 3.02. The van der Waals surface area contributed by atoms with Crippen LogP contribution >= 0.6 is 9.24 Å². The minimum Gasteiger partial charge on any atom is -0.386 e. The second-order valence-corrected chi connectivity index (χ2v) is 7.05. The first-order valence-electron chi connectivity index (χ1n) is 7.64. The molecule has 3 atom stereocenters. The fraction of sp³-hybridized carbons (Fsp3) is 0.471. The van der Waals surface area contributed by atoms with Crippen LogP contribution in [0.25, 0.3) is 0 Å². The van der Waals surface area contributed by atoms with E-state index < -0.39 is 5.60 Å². The Kier molecular flexibility index (Phi) is 5.58. The summed E-state index contributed by atoms with van der Waals surface area (Å²) in [6.07, 6.45) is 8.03. The molecule has 0 aromatic carbocycles. The zero-order valence-electron chi connectivity index (χ0n) is 13.9. The highest BCUT2D eigenvalue weighted by Crippen LogP contribution is 2.36. The van der Waals surface area contributed by atoms with Crippen LogP contribution in [0.5, 0.6) is 0 Å². The Morgan fingerprint density at radius 1 is 1.61 bits per heavy atom. The largest absolute Gasteiger partial charge is 0.386 e. The van der Waals surface area contributed by atoms with E-state index in [1.54, 1.807) is 37.9 Å². The molecular weight excluding hydrogens is 311 g/mol. The molecular formula is C17H25N2O3P. The molecule has 0 spiro atoms. The monoisotopic (exact) mass is 336 g/mol. The number of hydroxylamine groups is 1. The molecule has 126 valence electrons. The molecule has 0 aliphatic carbocycles. The molecule has 1 fully saturated rings. The van der Waals surface area contributed by atoms with Crippen molar-refractivity contribution in [1.82, 2.24) is 10.4 Å². The van der Waals surface area contributed by atoms with Crippen LogP contribution in [0.3, 0.4) is 0 Å². The van der Waals surface area contributed by atoms with E-state index in [2.05, 4.69) is 21.3 Å². The second kappa shape index (κ2) is 7.10. The number of hydrogen-bond donors (Lipinski definition) is 2. The van der Waals surface area contributed by atoms with E-state index in [0.717, 1.165) is 22.9 Å². The van der Waals surface area contributed by atoms with Gasteiger partial charge in [0, 0.05) is 19.2 Å². The van der Waals surface area contributed by atoms with Gasteiger partial charge in [0.05, 0.1) is 12.2 Å². The average molecular weight is 336 g/mol. The number of nitrogens with zero attached hydrogens (tertiary/aromatic N) is 1. The smallest absolute Gasteiger partial charge is 0.246 e. The molecule has 3 unspecified atom stereocenters. The average Bonchev–Trinajstić information content (AvgIpc) is 2.50. The lowest BCUT2D eigenvalue weighted by Crippen LogP contribution is -2.54. The number of fused-ring (bicyclic) bond motifs is 1. The Hall–Kier alpha value is -1.26. The van der Waals surface area contributed by atoms with Gasteiger partial charge in [0.1, 0.15) is 6.04 Å². The van der Waals surface area contributed by atoms with Gasteiger partial charge in [-0.05, 0) is 36.7 Å². The van der Waals surface area contributed by atoms with Gasteiger partial charge in [-0.25, -0.2) is 0 Å². The van der Waals surface area contributed by atoms with E-state index in [9.17, 15) is 9.90 Å². The zero-order valence-corrected chi connectivity index (χ0v) is 15.0. The Bertz CT molecular complexity index is 587. The van der Waals surface area contributed by atoms with Crippen LogP contribution in [0.1, 0.15) is 20.3 Å². The van der Waals surface area contributed by atoms with Gasteiger partial charge in [-0.2, -0.15) is 5.48 Å². The van der Waals surface area contributed by atoms with Crippen LogP contribution in [0.15, 0.2) is 47.5 Å². The first kappa shape index (κ1) is 18.1. The third-order valence-corrected chi connectivity index (χ3v) is 4.54. The molecule has 0 saturated carbocycles. The lowest BCUT2D eigenvalue weighted by molar-refractivity contribution is -0.141. The molecule has 5 nitrogen and oxygen atoms in total. The van der Waals surface area contributed by atoms with Crippen molar-refractivity contribution in [2.45, 2.75) is 31.9 Å². The van der Waals surface area contributed by atoms with Crippen LogP contribution in [-0.4, -0.2) is 41.2 Å². The molecule has 6 heteroatoms. The number of carbonyl (C=O) groups excluding carboxylic acids is 1. The maximum absolute atomic E-state index is 12.3. The van der Waals surface area contributed by atoms with E-state index in [1.165, 1.54) is 0 Å². The maximum Gasteiger partial charge on any atom is 0.246 e. The number of rotatable bonds is 4. The topological polar surface area (TPSA) is 61.8 Å². The number of carbonyl (C=O) groups is 1. The molecule has 2 aliphatic rings. The van der Waals surface area contributed by atoms with Crippen LogP contribution in [-0.2, 0) is 9.63 Å². The lowest BCUT2D eigenvalue weighted by Gasteiger charge is -2.39. The fourth-order valence-electron chi connectivity index (χ4n) is 2.75. The molecule has 0 bridgehead atoms. The van der Waals surface area contributed by atoms with Crippen molar-refractivity contribution >= 4 is 15.1 Å². The Labute approximate surface area is 139 Å². The highest BCUT2D eigenvalue weighted by molar-refractivity contribution is 7.23. The molecule has 1 saturated heterocycles. The first-order valence-corrected chi connectivity index (χ1v) is 8.22.